The molecule has 0 aliphatic rings. The molecule has 0 aliphatic heterocycles. The van der Waals surface area contributed by atoms with Crippen molar-refractivity contribution in [2.45, 2.75) is 32.0 Å². The van der Waals surface area contributed by atoms with Gasteiger partial charge in [0.1, 0.15) is 11.1 Å². The average molecular weight is 461 g/mol. The molecular weight excluding hydrogens is 442 g/mol. The third-order valence-corrected chi connectivity index (χ3v) is 6.03. The van der Waals surface area contributed by atoms with Gasteiger partial charge in [-0.15, -0.1) is 5.10 Å². The van der Waals surface area contributed by atoms with Gasteiger partial charge in [-0.25, -0.2) is 4.79 Å². The molecule has 0 amide bonds. The van der Waals surface area contributed by atoms with E-state index in [1.165, 1.54) is 12.3 Å². The molecule has 2 heterocycles. The zero-order valence-corrected chi connectivity index (χ0v) is 18.1. The summed E-state index contributed by atoms with van der Waals surface area (Å²) in [6, 6.07) is 9.96. The van der Waals surface area contributed by atoms with Crippen LogP contribution in [0.25, 0.3) is 22.1 Å². The number of nitrogens with one attached hydrogen (secondary N) is 1. The predicted molar refractivity (Wildman–Crippen MR) is 118 cm³/mol. The maximum Gasteiger partial charge on any atom is 0.402 e. The lowest BCUT2D eigenvalue weighted by atomic mass is 10.0. The molecule has 2 aromatic heterocycles. The van der Waals surface area contributed by atoms with Crippen LogP contribution in [-0.2, 0) is 6.16 Å². The number of carboxylic acids is 1. The van der Waals surface area contributed by atoms with Gasteiger partial charge in [0, 0.05) is 28.4 Å². The highest BCUT2D eigenvalue weighted by Crippen LogP contribution is 2.42. The Bertz CT molecular complexity index is 1320. The first-order chi connectivity index (χ1) is 15.1. The van der Waals surface area contributed by atoms with Gasteiger partial charge in [0.25, 0.3) is 0 Å². The topological polar surface area (TPSA) is 88.2 Å². The van der Waals surface area contributed by atoms with Gasteiger partial charge in [-0.3, -0.25) is 0 Å². The summed E-state index contributed by atoms with van der Waals surface area (Å²) in [5, 5.41) is 21.3. The maximum absolute atomic E-state index is 12.8. The van der Waals surface area contributed by atoms with Gasteiger partial charge in [-0.05, 0) is 46.2 Å². The molecule has 0 aliphatic carbocycles. The van der Waals surface area contributed by atoms with Crippen molar-refractivity contribution in [1.82, 2.24) is 10.2 Å². The maximum atomic E-state index is 12.8. The molecule has 4 aromatic rings. The second kappa shape index (κ2) is 8.39. The SMILES string of the molecule is Cc1cc(C(C)Nc2ccccc2C(=O)O)c2oc3c(CPC(F)(F)F)cnnc3c2c1. The van der Waals surface area contributed by atoms with E-state index in [0.29, 0.717) is 27.7 Å². The smallest absolute Gasteiger partial charge is 0.402 e. The zero-order valence-electron chi connectivity index (χ0n) is 17.1. The first-order valence-corrected chi connectivity index (χ1v) is 10.9. The average Bonchev–Trinajstić information content (AvgIpc) is 3.10. The molecule has 0 spiro atoms. The number of furan rings is 1. The van der Waals surface area contributed by atoms with Crippen LogP contribution in [0, 0.1) is 6.92 Å². The lowest BCUT2D eigenvalue weighted by Crippen LogP contribution is -2.11. The number of aromatic carboxylic acids is 1. The summed E-state index contributed by atoms with van der Waals surface area (Å²) in [6.07, 6.45) is 1.07. The van der Waals surface area contributed by atoms with Crippen molar-refractivity contribution in [3.8, 4) is 0 Å². The van der Waals surface area contributed by atoms with E-state index in [1.54, 1.807) is 18.2 Å². The van der Waals surface area contributed by atoms with Crippen molar-refractivity contribution >= 4 is 42.3 Å². The zero-order chi connectivity index (χ0) is 23.0. The standard InChI is InChI=1S/C22H19F3N3O3P/c1-11-7-15(12(2)27-17-6-4-3-5-14(17)21(29)30)20-16(8-11)18-19(31-20)13(9-26-28-18)10-32-22(23,24)25/h3-9,12,27,32H,10H2,1-2H3,(H,29,30). The molecule has 32 heavy (non-hydrogen) atoms. The first-order valence-electron chi connectivity index (χ1n) is 9.72. The molecule has 0 radical (unpaired) electrons. The van der Waals surface area contributed by atoms with Crippen molar-refractivity contribution in [3.63, 3.8) is 0 Å². The van der Waals surface area contributed by atoms with Crippen LogP contribution in [0.5, 0.6) is 0 Å². The summed E-state index contributed by atoms with van der Waals surface area (Å²) in [5.41, 5.74) is 3.75. The predicted octanol–water partition coefficient (Wildman–Crippen LogP) is 6.25. The van der Waals surface area contributed by atoms with E-state index >= 15 is 0 Å². The van der Waals surface area contributed by atoms with Crippen molar-refractivity contribution in [3.05, 3.63) is 64.8 Å². The van der Waals surface area contributed by atoms with E-state index in [9.17, 15) is 23.1 Å². The van der Waals surface area contributed by atoms with Gasteiger partial charge in [0.15, 0.2) is 5.58 Å². The second-order valence-electron chi connectivity index (χ2n) is 7.45. The van der Waals surface area contributed by atoms with Gasteiger partial charge in [0.05, 0.1) is 17.8 Å². The second-order valence-corrected chi connectivity index (χ2v) is 8.72. The molecule has 166 valence electrons. The number of hydrogen-bond acceptors (Lipinski definition) is 5. The minimum Gasteiger partial charge on any atom is -0.478 e. The number of nitrogens with zero attached hydrogens (tertiary/aromatic N) is 2. The number of carboxylic acid groups (broad SMARTS) is 1. The van der Waals surface area contributed by atoms with Crippen LogP contribution in [0.3, 0.4) is 0 Å². The Balaban J connectivity index is 1.79. The quantitative estimate of drug-likeness (QED) is 0.330. The van der Waals surface area contributed by atoms with Crippen LogP contribution in [0.1, 0.15) is 40.0 Å². The number of benzene rings is 2. The Hall–Kier alpha value is -3.19. The Morgan fingerprint density at radius 3 is 2.72 bits per heavy atom. The van der Waals surface area contributed by atoms with E-state index in [4.69, 9.17) is 4.42 Å². The van der Waals surface area contributed by atoms with Gasteiger partial charge in [-0.2, -0.15) is 18.3 Å². The number of rotatable bonds is 6. The Kier molecular flexibility index (Phi) is 5.77. The number of fused-ring (bicyclic) bond motifs is 3. The number of anilines is 1. The third-order valence-electron chi connectivity index (χ3n) is 5.07. The highest BCUT2D eigenvalue weighted by Gasteiger charge is 2.28. The van der Waals surface area contributed by atoms with Crippen molar-refractivity contribution in [2.24, 2.45) is 0 Å². The van der Waals surface area contributed by atoms with Crippen LogP contribution in [0.15, 0.2) is 47.0 Å². The monoisotopic (exact) mass is 461 g/mol. The van der Waals surface area contributed by atoms with Gasteiger partial charge in [0.2, 0.25) is 0 Å². The van der Waals surface area contributed by atoms with E-state index in [-0.39, 0.29) is 23.4 Å². The largest absolute Gasteiger partial charge is 0.478 e. The number of hydrogen-bond donors (Lipinski definition) is 2. The lowest BCUT2D eigenvalue weighted by Gasteiger charge is -2.18. The van der Waals surface area contributed by atoms with E-state index < -0.39 is 20.5 Å². The molecule has 6 nitrogen and oxygen atoms in total. The van der Waals surface area contributed by atoms with Crippen LogP contribution in [0.2, 0.25) is 0 Å². The highest BCUT2D eigenvalue weighted by molar-refractivity contribution is 7.38. The van der Waals surface area contributed by atoms with Crippen LogP contribution in [0.4, 0.5) is 18.9 Å². The number of halogens is 3. The molecule has 4 rings (SSSR count). The van der Waals surface area contributed by atoms with Gasteiger partial charge >= 0.3 is 11.9 Å². The molecule has 2 atom stereocenters. The van der Waals surface area contributed by atoms with Gasteiger partial charge in [-0.1, -0.05) is 18.2 Å². The summed E-state index contributed by atoms with van der Waals surface area (Å²) in [4.78, 5) is 11.5. The number of para-hydroxylation sites is 1. The third kappa shape index (κ3) is 4.39. The minimum atomic E-state index is -4.26. The number of aryl methyl sites for hydroxylation is 1. The normalized spacial score (nSPS) is 13.3. The van der Waals surface area contributed by atoms with E-state index in [2.05, 4.69) is 15.5 Å². The Labute approximate surface area is 182 Å². The molecular formula is C22H19F3N3O3P. The highest BCUT2D eigenvalue weighted by atomic mass is 31.1. The fourth-order valence-corrected chi connectivity index (χ4v) is 4.29. The van der Waals surface area contributed by atoms with Crippen molar-refractivity contribution in [2.75, 3.05) is 5.32 Å². The summed E-state index contributed by atoms with van der Waals surface area (Å²) in [7, 11) is -1.26. The Morgan fingerprint density at radius 1 is 1.25 bits per heavy atom. The summed E-state index contributed by atoms with van der Waals surface area (Å²) in [6.45, 7) is 3.75. The van der Waals surface area contributed by atoms with Crippen molar-refractivity contribution in [1.29, 1.82) is 0 Å². The molecule has 10 heteroatoms. The molecule has 0 saturated carbocycles. The van der Waals surface area contributed by atoms with E-state index in [1.807, 2.05) is 26.0 Å². The minimum absolute atomic E-state index is 0.133. The summed E-state index contributed by atoms with van der Waals surface area (Å²) >= 11 is 0. The lowest BCUT2D eigenvalue weighted by molar-refractivity contribution is -0.0372. The number of carbonyl (C=O) groups is 1. The summed E-state index contributed by atoms with van der Waals surface area (Å²) < 4.78 is 44.3. The Morgan fingerprint density at radius 2 is 2.00 bits per heavy atom. The molecule has 0 saturated heterocycles. The van der Waals surface area contributed by atoms with Crippen LogP contribution < -0.4 is 5.32 Å². The van der Waals surface area contributed by atoms with Crippen LogP contribution >= 0.6 is 8.58 Å². The molecule has 2 aromatic carbocycles. The molecule has 0 fully saturated rings. The first kappa shape index (κ1) is 22.0. The number of aromatic nitrogens is 2. The van der Waals surface area contributed by atoms with Crippen molar-refractivity contribution < 1.29 is 27.5 Å². The fraction of sp³-hybridized carbons (Fsp3) is 0.227. The molecule has 0 bridgehead atoms. The van der Waals surface area contributed by atoms with Gasteiger partial charge < -0.3 is 14.8 Å². The summed E-state index contributed by atoms with van der Waals surface area (Å²) in [5.74, 6) is -5.32. The molecule has 2 unspecified atom stereocenters. The fourth-order valence-electron chi connectivity index (χ4n) is 3.65. The molecule has 2 N–H and O–H groups in total. The number of alkyl halides is 3. The van der Waals surface area contributed by atoms with E-state index in [0.717, 1.165) is 11.1 Å². The van der Waals surface area contributed by atoms with Crippen LogP contribution in [-0.4, -0.2) is 27.2 Å².